The zero-order valence-electron chi connectivity index (χ0n) is 11.3. The summed E-state index contributed by atoms with van der Waals surface area (Å²) in [5, 5.41) is 3.54. The SMILES string of the molecule is CCNCC1CCCCC1Cc1ccc(I)cc1. The Labute approximate surface area is 125 Å². The molecule has 0 amide bonds. The minimum absolute atomic E-state index is 0.887. The van der Waals surface area contributed by atoms with Crippen LogP contribution in [-0.4, -0.2) is 13.1 Å². The molecule has 2 rings (SSSR count). The van der Waals surface area contributed by atoms with E-state index in [1.165, 1.54) is 47.8 Å². The fraction of sp³-hybridized carbons (Fsp3) is 0.625. The average molecular weight is 357 g/mol. The quantitative estimate of drug-likeness (QED) is 0.777. The van der Waals surface area contributed by atoms with E-state index in [1.54, 1.807) is 0 Å². The van der Waals surface area contributed by atoms with E-state index in [-0.39, 0.29) is 0 Å². The van der Waals surface area contributed by atoms with Crippen molar-refractivity contribution in [1.29, 1.82) is 0 Å². The first-order valence-corrected chi connectivity index (χ1v) is 8.32. The van der Waals surface area contributed by atoms with Crippen LogP contribution in [0.25, 0.3) is 0 Å². The Balaban J connectivity index is 1.94. The zero-order valence-corrected chi connectivity index (χ0v) is 13.4. The molecule has 1 aromatic carbocycles. The van der Waals surface area contributed by atoms with Crippen molar-refractivity contribution in [2.24, 2.45) is 11.8 Å². The van der Waals surface area contributed by atoms with Gasteiger partial charge in [-0.05, 0) is 84.5 Å². The molecule has 1 aliphatic carbocycles. The van der Waals surface area contributed by atoms with Gasteiger partial charge in [0.25, 0.3) is 0 Å². The predicted molar refractivity (Wildman–Crippen MR) is 86.9 cm³/mol. The van der Waals surface area contributed by atoms with Crippen LogP contribution in [0.4, 0.5) is 0 Å². The molecule has 2 unspecified atom stereocenters. The Kier molecular flexibility index (Phi) is 5.96. The highest BCUT2D eigenvalue weighted by molar-refractivity contribution is 14.1. The van der Waals surface area contributed by atoms with Crippen LogP contribution in [0, 0.1) is 15.4 Å². The van der Waals surface area contributed by atoms with Crippen LogP contribution < -0.4 is 5.32 Å². The smallest absolute Gasteiger partial charge is 0.0130 e. The highest BCUT2D eigenvalue weighted by Gasteiger charge is 2.24. The fourth-order valence-corrected chi connectivity index (χ4v) is 3.43. The molecule has 0 spiro atoms. The van der Waals surface area contributed by atoms with Crippen molar-refractivity contribution in [3.8, 4) is 0 Å². The summed E-state index contributed by atoms with van der Waals surface area (Å²) in [4.78, 5) is 0. The van der Waals surface area contributed by atoms with Crippen molar-refractivity contribution in [1.82, 2.24) is 5.32 Å². The van der Waals surface area contributed by atoms with E-state index in [2.05, 4.69) is 59.1 Å². The topological polar surface area (TPSA) is 12.0 Å². The number of rotatable bonds is 5. The molecule has 1 N–H and O–H groups in total. The predicted octanol–water partition coefficient (Wildman–Crippen LogP) is 4.25. The molecular weight excluding hydrogens is 333 g/mol. The highest BCUT2D eigenvalue weighted by atomic mass is 127. The van der Waals surface area contributed by atoms with Crippen molar-refractivity contribution < 1.29 is 0 Å². The Morgan fingerprint density at radius 3 is 2.44 bits per heavy atom. The van der Waals surface area contributed by atoms with E-state index in [0.29, 0.717) is 0 Å². The van der Waals surface area contributed by atoms with Gasteiger partial charge in [0.1, 0.15) is 0 Å². The number of hydrogen-bond acceptors (Lipinski definition) is 1. The molecule has 1 aromatic rings. The Hall–Kier alpha value is -0.0900. The molecule has 0 aromatic heterocycles. The monoisotopic (exact) mass is 357 g/mol. The number of hydrogen-bond donors (Lipinski definition) is 1. The third kappa shape index (κ3) is 4.23. The summed E-state index contributed by atoms with van der Waals surface area (Å²) in [5.41, 5.74) is 1.52. The normalized spacial score (nSPS) is 24.1. The maximum absolute atomic E-state index is 3.54. The van der Waals surface area contributed by atoms with Crippen molar-refractivity contribution in [3.63, 3.8) is 0 Å². The van der Waals surface area contributed by atoms with Crippen LogP contribution in [0.5, 0.6) is 0 Å². The van der Waals surface area contributed by atoms with E-state index < -0.39 is 0 Å². The van der Waals surface area contributed by atoms with Crippen LogP contribution in [0.15, 0.2) is 24.3 Å². The van der Waals surface area contributed by atoms with Crippen molar-refractivity contribution in [2.45, 2.75) is 39.0 Å². The largest absolute Gasteiger partial charge is 0.317 e. The van der Waals surface area contributed by atoms with Crippen molar-refractivity contribution >= 4 is 22.6 Å². The van der Waals surface area contributed by atoms with Gasteiger partial charge in [-0.3, -0.25) is 0 Å². The first kappa shape index (κ1) is 14.3. The molecule has 1 saturated carbocycles. The van der Waals surface area contributed by atoms with Gasteiger partial charge in [0.15, 0.2) is 0 Å². The summed E-state index contributed by atoms with van der Waals surface area (Å²) in [7, 11) is 0. The standard InChI is InChI=1S/C16H24IN/c1-2-18-12-15-6-4-3-5-14(15)11-13-7-9-16(17)10-8-13/h7-10,14-15,18H,2-6,11-12H2,1H3. The summed E-state index contributed by atoms with van der Waals surface area (Å²) >= 11 is 2.38. The number of halogens is 1. The van der Waals surface area contributed by atoms with E-state index in [0.717, 1.165) is 18.4 Å². The summed E-state index contributed by atoms with van der Waals surface area (Å²) < 4.78 is 1.34. The fourth-order valence-electron chi connectivity index (χ4n) is 3.07. The number of nitrogens with one attached hydrogen (secondary N) is 1. The second-order valence-corrected chi connectivity index (χ2v) is 6.69. The van der Waals surface area contributed by atoms with Gasteiger partial charge in [0, 0.05) is 3.57 Å². The van der Waals surface area contributed by atoms with Crippen molar-refractivity contribution in [3.05, 3.63) is 33.4 Å². The van der Waals surface area contributed by atoms with Gasteiger partial charge in [0.05, 0.1) is 0 Å². The second kappa shape index (κ2) is 7.49. The van der Waals surface area contributed by atoms with Gasteiger partial charge in [-0.25, -0.2) is 0 Å². The molecule has 0 saturated heterocycles. The molecule has 0 heterocycles. The molecule has 18 heavy (non-hydrogen) atoms. The Morgan fingerprint density at radius 1 is 1.11 bits per heavy atom. The van der Waals surface area contributed by atoms with E-state index in [4.69, 9.17) is 0 Å². The lowest BCUT2D eigenvalue weighted by atomic mass is 9.76. The lowest BCUT2D eigenvalue weighted by Crippen LogP contribution is -2.31. The third-order valence-electron chi connectivity index (χ3n) is 4.13. The molecule has 0 radical (unpaired) electrons. The maximum Gasteiger partial charge on any atom is 0.0130 e. The lowest BCUT2D eigenvalue weighted by Gasteiger charge is -2.32. The summed E-state index contributed by atoms with van der Waals surface area (Å²) in [6.07, 6.45) is 6.97. The first-order chi connectivity index (χ1) is 8.79. The molecule has 100 valence electrons. The molecule has 2 atom stereocenters. The van der Waals surface area contributed by atoms with Gasteiger partial charge in [-0.1, -0.05) is 31.9 Å². The van der Waals surface area contributed by atoms with Crippen LogP contribution in [0.3, 0.4) is 0 Å². The molecule has 1 aliphatic rings. The van der Waals surface area contributed by atoms with Crippen LogP contribution in [-0.2, 0) is 6.42 Å². The van der Waals surface area contributed by atoms with Gasteiger partial charge in [-0.2, -0.15) is 0 Å². The third-order valence-corrected chi connectivity index (χ3v) is 4.85. The molecule has 0 bridgehead atoms. The lowest BCUT2D eigenvalue weighted by molar-refractivity contribution is 0.229. The van der Waals surface area contributed by atoms with Gasteiger partial charge < -0.3 is 5.32 Å². The van der Waals surface area contributed by atoms with Gasteiger partial charge in [0.2, 0.25) is 0 Å². The maximum atomic E-state index is 3.54. The summed E-state index contributed by atoms with van der Waals surface area (Å²) in [5.74, 6) is 1.77. The number of benzene rings is 1. The van der Waals surface area contributed by atoms with Gasteiger partial charge >= 0.3 is 0 Å². The van der Waals surface area contributed by atoms with Gasteiger partial charge in [-0.15, -0.1) is 0 Å². The molecule has 0 aliphatic heterocycles. The Morgan fingerprint density at radius 2 is 1.78 bits per heavy atom. The van der Waals surface area contributed by atoms with Crippen molar-refractivity contribution in [2.75, 3.05) is 13.1 Å². The minimum Gasteiger partial charge on any atom is -0.317 e. The van der Waals surface area contributed by atoms with Crippen LogP contribution in [0.2, 0.25) is 0 Å². The van der Waals surface area contributed by atoms with Crippen LogP contribution >= 0.6 is 22.6 Å². The highest BCUT2D eigenvalue weighted by Crippen LogP contribution is 2.32. The van der Waals surface area contributed by atoms with E-state index in [1.807, 2.05) is 0 Å². The molecule has 1 nitrogen and oxygen atoms in total. The molecular formula is C16H24IN. The first-order valence-electron chi connectivity index (χ1n) is 7.24. The van der Waals surface area contributed by atoms with E-state index >= 15 is 0 Å². The van der Waals surface area contributed by atoms with E-state index in [9.17, 15) is 0 Å². The molecule has 2 heteroatoms. The molecule has 1 fully saturated rings. The summed E-state index contributed by atoms with van der Waals surface area (Å²) in [6.45, 7) is 4.52. The second-order valence-electron chi connectivity index (χ2n) is 5.44. The average Bonchev–Trinajstić information content (AvgIpc) is 2.40. The minimum atomic E-state index is 0.887. The van der Waals surface area contributed by atoms with Crippen LogP contribution in [0.1, 0.15) is 38.2 Å². The summed E-state index contributed by atoms with van der Waals surface area (Å²) in [6, 6.07) is 9.08. The Bertz CT molecular complexity index is 347. The zero-order chi connectivity index (χ0) is 12.8.